The topological polar surface area (TPSA) is 60.8 Å². The number of hydrogen-bond acceptors (Lipinski definition) is 1. The second-order valence-corrected chi connectivity index (χ2v) is 4.83. The molecule has 0 fully saturated rings. The smallest absolute Gasteiger partial charge is 0.312 e. The van der Waals surface area contributed by atoms with Crippen LogP contribution in [-0.2, 0) is 4.57 Å². The molecule has 0 saturated carbocycles. The summed E-state index contributed by atoms with van der Waals surface area (Å²) in [6, 6.07) is 0. The van der Waals surface area contributed by atoms with Crippen molar-refractivity contribution in [1.29, 1.82) is 0 Å². The summed E-state index contributed by atoms with van der Waals surface area (Å²) in [4.78, 5) is 17.3. The largest absolute Gasteiger partial charge is 0.403 e. The zero-order valence-electron chi connectivity index (χ0n) is 6.70. The summed E-state index contributed by atoms with van der Waals surface area (Å²) >= 11 is 0. The standard InChI is InChI=1S/C5H14NO3P/c1-5(2,3)6(4)10(7,8)9/h1-4H3,(H2,7,8,9). The molecule has 0 amide bonds. The Kier molecular flexibility index (Phi) is 2.65. The summed E-state index contributed by atoms with van der Waals surface area (Å²) in [5.74, 6) is 0. The van der Waals surface area contributed by atoms with E-state index < -0.39 is 13.3 Å². The van der Waals surface area contributed by atoms with Gasteiger partial charge < -0.3 is 9.79 Å². The zero-order chi connectivity index (χ0) is 8.58. The Morgan fingerprint density at radius 2 is 1.60 bits per heavy atom. The molecule has 0 aromatic heterocycles. The van der Waals surface area contributed by atoms with Gasteiger partial charge in [0, 0.05) is 5.54 Å². The van der Waals surface area contributed by atoms with Gasteiger partial charge in [-0.15, -0.1) is 0 Å². The Bertz CT molecular complexity index is 157. The van der Waals surface area contributed by atoms with Crippen molar-refractivity contribution >= 4 is 7.75 Å². The fourth-order valence-electron chi connectivity index (χ4n) is 0.391. The van der Waals surface area contributed by atoms with Crippen LogP contribution in [-0.4, -0.2) is 27.0 Å². The van der Waals surface area contributed by atoms with E-state index in [9.17, 15) is 4.57 Å². The molecular weight excluding hydrogens is 153 g/mol. The van der Waals surface area contributed by atoms with Crippen molar-refractivity contribution in [2.24, 2.45) is 0 Å². The van der Waals surface area contributed by atoms with Crippen molar-refractivity contribution in [3.05, 3.63) is 0 Å². The average molecular weight is 167 g/mol. The maximum absolute atomic E-state index is 10.6. The van der Waals surface area contributed by atoms with E-state index in [1.54, 1.807) is 20.8 Å². The van der Waals surface area contributed by atoms with Crippen LogP contribution in [0.15, 0.2) is 0 Å². The number of rotatable bonds is 1. The summed E-state index contributed by atoms with van der Waals surface area (Å²) in [7, 11) is -2.64. The van der Waals surface area contributed by atoms with Crippen LogP contribution in [0.1, 0.15) is 20.8 Å². The van der Waals surface area contributed by atoms with Gasteiger partial charge in [0.2, 0.25) is 0 Å². The Morgan fingerprint density at radius 3 is 1.60 bits per heavy atom. The lowest BCUT2D eigenvalue weighted by Crippen LogP contribution is -2.35. The first-order valence-corrected chi connectivity index (χ1v) is 4.52. The minimum atomic E-state index is -4.04. The highest BCUT2D eigenvalue weighted by atomic mass is 31.2. The van der Waals surface area contributed by atoms with Crippen LogP contribution in [0.25, 0.3) is 0 Å². The molecule has 0 atom stereocenters. The first-order valence-electron chi connectivity index (χ1n) is 2.95. The monoisotopic (exact) mass is 167 g/mol. The number of nitrogens with zero attached hydrogens (tertiary/aromatic N) is 1. The van der Waals surface area contributed by atoms with Gasteiger partial charge >= 0.3 is 7.75 Å². The molecule has 2 N–H and O–H groups in total. The summed E-state index contributed by atoms with van der Waals surface area (Å²) < 4.78 is 11.6. The lowest BCUT2D eigenvalue weighted by Gasteiger charge is -2.31. The van der Waals surface area contributed by atoms with E-state index in [0.717, 1.165) is 4.67 Å². The molecule has 62 valence electrons. The van der Waals surface area contributed by atoms with Gasteiger partial charge in [0.15, 0.2) is 0 Å². The average Bonchev–Trinajstić information content (AvgIpc) is 1.59. The highest BCUT2D eigenvalue weighted by Crippen LogP contribution is 2.43. The molecule has 0 aliphatic carbocycles. The molecule has 5 heteroatoms. The van der Waals surface area contributed by atoms with E-state index in [1.807, 2.05) is 0 Å². The SMILES string of the molecule is CN(C(C)(C)C)P(=O)(O)O. The van der Waals surface area contributed by atoms with E-state index in [0.29, 0.717) is 0 Å². The molecule has 0 heterocycles. The van der Waals surface area contributed by atoms with Gasteiger partial charge in [-0.25, -0.2) is 9.24 Å². The molecule has 0 unspecified atom stereocenters. The summed E-state index contributed by atoms with van der Waals surface area (Å²) in [6.45, 7) is 5.23. The zero-order valence-corrected chi connectivity index (χ0v) is 7.59. The van der Waals surface area contributed by atoms with Gasteiger partial charge in [-0.05, 0) is 27.8 Å². The second kappa shape index (κ2) is 2.62. The van der Waals surface area contributed by atoms with Crippen molar-refractivity contribution in [2.45, 2.75) is 26.3 Å². The quantitative estimate of drug-likeness (QED) is 0.567. The molecule has 0 rings (SSSR count). The second-order valence-electron chi connectivity index (χ2n) is 3.21. The van der Waals surface area contributed by atoms with E-state index in [2.05, 4.69) is 0 Å². The third-order valence-corrected chi connectivity index (χ3v) is 2.74. The number of hydrogen-bond donors (Lipinski definition) is 2. The van der Waals surface area contributed by atoms with Crippen LogP contribution in [0.4, 0.5) is 0 Å². The molecular formula is C5H14NO3P. The van der Waals surface area contributed by atoms with E-state index in [4.69, 9.17) is 9.79 Å². The highest BCUT2D eigenvalue weighted by Gasteiger charge is 2.30. The molecule has 0 aliphatic heterocycles. The molecule has 0 spiro atoms. The van der Waals surface area contributed by atoms with Crippen LogP contribution >= 0.6 is 7.75 Å². The highest BCUT2D eigenvalue weighted by molar-refractivity contribution is 7.49. The third-order valence-electron chi connectivity index (χ3n) is 1.36. The molecule has 0 bridgehead atoms. The summed E-state index contributed by atoms with van der Waals surface area (Å²) in [5, 5.41) is 0. The van der Waals surface area contributed by atoms with Gasteiger partial charge in [-0.1, -0.05) is 0 Å². The van der Waals surface area contributed by atoms with Crippen LogP contribution in [0.3, 0.4) is 0 Å². The Hall–Kier alpha value is 0.110. The Labute approximate surface area is 61.1 Å². The summed E-state index contributed by atoms with van der Waals surface area (Å²) in [5.41, 5.74) is -0.487. The maximum Gasteiger partial charge on any atom is 0.403 e. The molecule has 0 aromatic carbocycles. The summed E-state index contributed by atoms with van der Waals surface area (Å²) in [6.07, 6.45) is 0. The predicted molar refractivity (Wildman–Crippen MR) is 39.6 cm³/mol. The first kappa shape index (κ1) is 10.1. The third kappa shape index (κ3) is 2.80. The van der Waals surface area contributed by atoms with Gasteiger partial charge in [-0.2, -0.15) is 0 Å². The van der Waals surface area contributed by atoms with Crippen molar-refractivity contribution < 1.29 is 14.4 Å². The van der Waals surface area contributed by atoms with Crippen molar-refractivity contribution in [3.63, 3.8) is 0 Å². The van der Waals surface area contributed by atoms with Crippen LogP contribution in [0.2, 0.25) is 0 Å². The molecule has 0 aromatic rings. The minimum Gasteiger partial charge on any atom is -0.312 e. The molecule has 0 radical (unpaired) electrons. The minimum absolute atomic E-state index is 0.487. The lowest BCUT2D eigenvalue weighted by atomic mass is 10.1. The first-order chi connectivity index (χ1) is 4.15. The van der Waals surface area contributed by atoms with E-state index in [1.165, 1.54) is 7.05 Å². The lowest BCUT2D eigenvalue weighted by molar-refractivity contribution is 0.211. The van der Waals surface area contributed by atoms with E-state index >= 15 is 0 Å². The normalized spacial score (nSPS) is 14.3. The van der Waals surface area contributed by atoms with Gasteiger partial charge in [-0.3, -0.25) is 0 Å². The molecule has 0 aliphatic rings. The fourth-order valence-corrected chi connectivity index (χ4v) is 1.17. The fraction of sp³-hybridized carbons (Fsp3) is 1.00. The van der Waals surface area contributed by atoms with Crippen molar-refractivity contribution in [2.75, 3.05) is 7.05 Å². The van der Waals surface area contributed by atoms with Gasteiger partial charge in [0.05, 0.1) is 0 Å². The Balaban J connectivity index is 4.39. The molecule has 4 nitrogen and oxygen atoms in total. The van der Waals surface area contributed by atoms with Crippen molar-refractivity contribution in [3.8, 4) is 0 Å². The van der Waals surface area contributed by atoms with Crippen molar-refractivity contribution in [1.82, 2.24) is 4.67 Å². The molecule has 0 saturated heterocycles. The maximum atomic E-state index is 10.6. The van der Waals surface area contributed by atoms with Crippen LogP contribution in [0, 0.1) is 0 Å². The van der Waals surface area contributed by atoms with Gasteiger partial charge in [0.25, 0.3) is 0 Å². The van der Waals surface area contributed by atoms with Crippen LogP contribution in [0.5, 0.6) is 0 Å². The molecule has 10 heavy (non-hydrogen) atoms. The van der Waals surface area contributed by atoms with Crippen LogP contribution < -0.4 is 0 Å². The predicted octanol–water partition coefficient (Wildman–Crippen LogP) is 0.809. The van der Waals surface area contributed by atoms with Gasteiger partial charge in [0.1, 0.15) is 0 Å². The van der Waals surface area contributed by atoms with E-state index in [-0.39, 0.29) is 0 Å². The Morgan fingerprint density at radius 1 is 1.30 bits per heavy atom.